The molecule has 0 aliphatic carbocycles. The van der Waals surface area contributed by atoms with Crippen LogP contribution in [0.15, 0.2) is 18.2 Å². The van der Waals surface area contributed by atoms with Crippen molar-refractivity contribution in [2.75, 3.05) is 25.6 Å². The molecule has 8 nitrogen and oxygen atoms in total. The summed E-state index contributed by atoms with van der Waals surface area (Å²) in [4.78, 5) is 9.18. The maximum absolute atomic E-state index is 13.0. The second-order valence-corrected chi connectivity index (χ2v) is 8.68. The summed E-state index contributed by atoms with van der Waals surface area (Å²) in [5.41, 5.74) is 7.23. The summed E-state index contributed by atoms with van der Waals surface area (Å²) in [7, 11) is 1.60. The van der Waals surface area contributed by atoms with E-state index in [4.69, 9.17) is 10.5 Å². The zero-order chi connectivity index (χ0) is 28.6. The van der Waals surface area contributed by atoms with Crippen LogP contribution in [-0.2, 0) is 33.4 Å². The highest BCUT2D eigenvalue weighted by atomic mass is 19.4. The molecule has 0 saturated heterocycles. The Kier molecular flexibility index (Phi) is 15.3. The molecular formula is C27H41F3N4O4. The van der Waals surface area contributed by atoms with E-state index in [1.54, 1.807) is 14.0 Å². The number of unbranched alkanes of at least 4 members (excludes halogenated alkanes) is 2. The number of nitrogens with two attached hydrogens (primary N) is 1. The van der Waals surface area contributed by atoms with Gasteiger partial charge in [-0.05, 0) is 56.4 Å². The van der Waals surface area contributed by atoms with Gasteiger partial charge in [0.15, 0.2) is 5.82 Å². The van der Waals surface area contributed by atoms with E-state index in [-0.39, 0.29) is 18.2 Å². The maximum Gasteiger partial charge on any atom is 0.416 e. The van der Waals surface area contributed by atoms with Gasteiger partial charge in [0.2, 0.25) is 0 Å². The Balaban J connectivity index is 0.00000132. The fraction of sp³-hybridized carbons (Fsp3) is 0.593. The monoisotopic (exact) mass is 542 g/mol. The van der Waals surface area contributed by atoms with Gasteiger partial charge in [0.1, 0.15) is 11.4 Å². The third-order valence-electron chi connectivity index (χ3n) is 5.97. The van der Waals surface area contributed by atoms with Crippen LogP contribution in [0.1, 0.15) is 76.0 Å². The average Bonchev–Trinajstić information content (AvgIpc) is 2.89. The summed E-state index contributed by atoms with van der Waals surface area (Å²) < 4.78 is 48.5. The van der Waals surface area contributed by atoms with Crippen molar-refractivity contribution in [3.8, 4) is 17.0 Å². The number of benzene rings is 1. The minimum atomic E-state index is -4.55. The molecule has 1 unspecified atom stereocenters. The molecule has 0 aliphatic rings. The SMILES string of the molecule is CCCCCC(CC)Nc1nnc(-c2ccc(C(F)(F)F)cc2O)c(CCCOC)c1CN.CCOC=O. The summed E-state index contributed by atoms with van der Waals surface area (Å²) in [5, 5.41) is 22.5. The molecule has 0 amide bonds. The number of anilines is 1. The summed E-state index contributed by atoms with van der Waals surface area (Å²) in [6.45, 7) is 7.61. The van der Waals surface area contributed by atoms with Crippen LogP contribution in [-0.4, -0.2) is 48.1 Å². The molecule has 1 aromatic carbocycles. The number of aromatic hydroxyl groups is 1. The largest absolute Gasteiger partial charge is 0.507 e. The quantitative estimate of drug-likeness (QED) is 0.189. The summed E-state index contributed by atoms with van der Waals surface area (Å²) in [6.07, 6.45) is 1.95. The fourth-order valence-electron chi connectivity index (χ4n) is 3.91. The van der Waals surface area contributed by atoms with Gasteiger partial charge in [-0.2, -0.15) is 13.2 Å². The summed E-state index contributed by atoms with van der Waals surface area (Å²) >= 11 is 0. The lowest BCUT2D eigenvalue weighted by atomic mass is 9.96. The molecule has 1 heterocycles. The number of nitrogens with zero attached hydrogens (tertiary/aromatic N) is 2. The highest BCUT2D eigenvalue weighted by Crippen LogP contribution is 2.38. The van der Waals surface area contributed by atoms with Crippen LogP contribution < -0.4 is 11.1 Å². The molecule has 0 bridgehead atoms. The predicted octanol–water partition coefficient (Wildman–Crippen LogP) is 5.86. The van der Waals surface area contributed by atoms with Crippen LogP contribution in [0.25, 0.3) is 11.3 Å². The minimum Gasteiger partial charge on any atom is -0.507 e. The van der Waals surface area contributed by atoms with E-state index in [9.17, 15) is 23.1 Å². The van der Waals surface area contributed by atoms with Crippen LogP contribution in [0.5, 0.6) is 5.75 Å². The number of carbonyl (C=O) groups is 1. The Labute approximate surface area is 223 Å². The zero-order valence-corrected chi connectivity index (χ0v) is 22.7. The van der Waals surface area contributed by atoms with Crippen molar-refractivity contribution in [1.82, 2.24) is 10.2 Å². The van der Waals surface area contributed by atoms with Crippen LogP contribution >= 0.6 is 0 Å². The van der Waals surface area contributed by atoms with Crippen molar-refractivity contribution in [3.05, 3.63) is 34.9 Å². The third-order valence-corrected chi connectivity index (χ3v) is 5.97. The maximum atomic E-state index is 13.0. The van der Waals surface area contributed by atoms with Gasteiger partial charge in [0, 0.05) is 37.4 Å². The van der Waals surface area contributed by atoms with E-state index >= 15 is 0 Å². The summed E-state index contributed by atoms with van der Waals surface area (Å²) in [6, 6.07) is 3.10. The first-order valence-corrected chi connectivity index (χ1v) is 13.0. The van der Waals surface area contributed by atoms with Gasteiger partial charge in [-0.15, -0.1) is 10.2 Å². The van der Waals surface area contributed by atoms with E-state index in [1.165, 1.54) is 6.07 Å². The second-order valence-electron chi connectivity index (χ2n) is 8.68. The van der Waals surface area contributed by atoms with Gasteiger partial charge in [-0.25, -0.2) is 0 Å². The lowest BCUT2D eigenvalue weighted by Gasteiger charge is -2.22. The van der Waals surface area contributed by atoms with Gasteiger partial charge in [0.05, 0.1) is 12.2 Å². The molecule has 214 valence electrons. The molecule has 0 radical (unpaired) electrons. The number of hydrogen-bond acceptors (Lipinski definition) is 8. The van der Waals surface area contributed by atoms with Gasteiger partial charge in [-0.1, -0.05) is 33.1 Å². The molecule has 38 heavy (non-hydrogen) atoms. The molecule has 0 fully saturated rings. The zero-order valence-electron chi connectivity index (χ0n) is 22.7. The van der Waals surface area contributed by atoms with Crippen molar-refractivity contribution in [2.24, 2.45) is 5.73 Å². The lowest BCUT2D eigenvalue weighted by molar-refractivity contribution is -0.137. The van der Waals surface area contributed by atoms with E-state index < -0.39 is 17.5 Å². The minimum absolute atomic E-state index is 0.181. The molecule has 11 heteroatoms. The predicted molar refractivity (Wildman–Crippen MR) is 142 cm³/mol. The number of methoxy groups -OCH3 is 1. The van der Waals surface area contributed by atoms with Crippen molar-refractivity contribution in [3.63, 3.8) is 0 Å². The topological polar surface area (TPSA) is 120 Å². The number of phenolic OH excluding ortho intramolecular Hbond substituents is 1. The van der Waals surface area contributed by atoms with Crippen LogP contribution in [0.3, 0.4) is 0 Å². The molecule has 0 aliphatic heterocycles. The van der Waals surface area contributed by atoms with E-state index in [0.717, 1.165) is 49.3 Å². The molecule has 4 N–H and O–H groups in total. The number of aromatic nitrogens is 2. The number of carbonyl (C=O) groups excluding carboxylic acids is 1. The molecule has 1 atom stereocenters. The number of hydrogen-bond donors (Lipinski definition) is 3. The highest BCUT2D eigenvalue weighted by Gasteiger charge is 2.31. The molecule has 0 saturated carbocycles. The highest BCUT2D eigenvalue weighted by molar-refractivity contribution is 5.72. The van der Waals surface area contributed by atoms with Crippen molar-refractivity contribution in [2.45, 2.75) is 84.5 Å². The first-order valence-electron chi connectivity index (χ1n) is 13.0. The number of rotatable bonds is 15. The van der Waals surface area contributed by atoms with Gasteiger partial charge in [0.25, 0.3) is 6.47 Å². The van der Waals surface area contributed by atoms with Crippen LogP contribution in [0, 0.1) is 0 Å². The number of nitrogens with one attached hydrogen (secondary N) is 1. The Morgan fingerprint density at radius 1 is 1.13 bits per heavy atom. The molecule has 2 rings (SSSR count). The molecular weight excluding hydrogens is 501 g/mol. The van der Waals surface area contributed by atoms with E-state index in [0.29, 0.717) is 50.1 Å². The van der Waals surface area contributed by atoms with Crippen LogP contribution in [0.2, 0.25) is 0 Å². The standard InChI is InChI=1S/C24H35F3N4O2.C3H6O2/c1-4-6-7-9-17(5-2)29-23-20(15-28)18(10-8-13-33-3)22(30-31-23)19-12-11-16(14-21(19)32)24(25,26)27;1-2-5-3-4/h11-12,14,17,32H,4-10,13,15,28H2,1-3H3,(H,29,31);3H,2H2,1H3. The Hall–Kier alpha value is -2.92. The normalized spacial score (nSPS) is 11.9. The lowest BCUT2D eigenvalue weighted by Crippen LogP contribution is -2.22. The average molecular weight is 543 g/mol. The first kappa shape index (κ1) is 33.1. The van der Waals surface area contributed by atoms with Crippen molar-refractivity contribution in [1.29, 1.82) is 0 Å². The molecule has 1 aromatic heterocycles. The van der Waals surface area contributed by atoms with Crippen LogP contribution in [0.4, 0.5) is 19.0 Å². The Morgan fingerprint density at radius 3 is 2.37 bits per heavy atom. The Morgan fingerprint density at radius 2 is 1.87 bits per heavy atom. The Bertz CT molecular complexity index is 974. The summed E-state index contributed by atoms with van der Waals surface area (Å²) in [5.74, 6) is 0.0882. The first-order chi connectivity index (χ1) is 18.2. The molecule has 2 aromatic rings. The molecule has 0 spiro atoms. The van der Waals surface area contributed by atoms with Crippen molar-refractivity contribution >= 4 is 12.3 Å². The van der Waals surface area contributed by atoms with Gasteiger partial charge in [-0.3, -0.25) is 4.79 Å². The fourth-order valence-corrected chi connectivity index (χ4v) is 3.91. The number of alkyl halides is 3. The number of phenols is 1. The van der Waals surface area contributed by atoms with E-state index in [1.807, 2.05) is 0 Å². The van der Waals surface area contributed by atoms with Crippen molar-refractivity contribution < 1.29 is 32.5 Å². The van der Waals surface area contributed by atoms with E-state index in [2.05, 4.69) is 34.1 Å². The van der Waals surface area contributed by atoms with Gasteiger partial charge < -0.3 is 25.6 Å². The number of halogens is 3. The second kappa shape index (κ2) is 17.6. The number of ether oxygens (including phenoxy) is 2. The smallest absolute Gasteiger partial charge is 0.416 e. The van der Waals surface area contributed by atoms with Gasteiger partial charge >= 0.3 is 6.18 Å². The third kappa shape index (κ3) is 10.4.